The van der Waals surface area contributed by atoms with E-state index in [1.54, 1.807) is 6.07 Å². The number of halogens is 2. The molecule has 2 aromatic carbocycles. The minimum absolute atomic E-state index is 0.271. The quantitative estimate of drug-likeness (QED) is 0.842. The van der Waals surface area contributed by atoms with Crippen LogP contribution >= 0.6 is 23.2 Å². The van der Waals surface area contributed by atoms with Gasteiger partial charge in [-0.25, -0.2) is 0 Å². The third-order valence-electron chi connectivity index (χ3n) is 2.92. The number of rotatable bonds is 3. The molecular formula is C16H14Cl2N2O2. The lowest BCUT2D eigenvalue weighted by Crippen LogP contribution is -2.35. The van der Waals surface area contributed by atoms with Crippen LogP contribution in [0.15, 0.2) is 42.5 Å². The van der Waals surface area contributed by atoms with Crippen LogP contribution in [0.4, 0.5) is 5.69 Å². The summed E-state index contributed by atoms with van der Waals surface area (Å²) in [6, 6.07) is 12.3. The van der Waals surface area contributed by atoms with E-state index in [1.807, 2.05) is 31.2 Å². The van der Waals surface area contributed by atoms with Crippen molar-refractivity contribution in [2.75, 3.05) is 5.32 Å². The molecule has 0 aliphatic rings. The fraction of sp³-hybridized carbons (Fsp3) is 0.125. The summed E-state index contributed by atoms with van der Waals surface area (Å²) < 4.78 is 0. The summed E-state index contributed by atoms with van der Waals surface area (Å²) >= 11 is 11.7. The van der Waals surface area contributed by atoms with Gasteiger partial charge in [-0.05, 0) is 30.7 Å². The zero-order valence-electron chi connectivity index (χ0n) is 11.8. The Balaban J connectivity index is 1.93. The van der Waals surface area contributed by atoms with Crippen LogP contribution in [-0.2, 0) is 16.1 Å². The fourth-order valence-electron chi connectivity index (χ4n) is 1.85. The molecule has 0 unspecified atom stereocenters. The molecule has 0 aliphatic heterocycles. The molecule has 0 spiro atoms. The second-order valence-corrected chi connectivity index (χ2v) is 5.59. The number of aryl methyl sites for hydroxylation is 1. The first-order valence-corrected chi connectivity index (χ1v) is 7.31. The van der Waals surface area contributed by atoms with Crippen LogP contribution in [0.25, 0.3) is 0 Å². The molecule has 0 saturated carbocycles. The van der Waals surface area contributed by atoms with Crippen molar-refractivity contribution < 1.29 is 9.59 Å². The van der Waals surface area contributed by atoms with Crippen molar-refractivity contribution in [3.05, 3.63) is 63.6 Å². The molecule has 0 heterocycles. The largest absolute Gasteiger partial charge is 0.344 e. The molecule has 2 aromatic rings. The number of carbonyl (C=O) groups excluding carboxylic acids is 2. The number of hydrogen-bond acceptors (Lipinski definition) is 2. The van der Waals surface area contributed by atoms with E-state index in [0.717, 1.165) is 11.1 Å². The van der Waals surface area contributed by atoms with Crippen LogP contribution in [-0.4, -0.2) is 11.8 Å². The highest BCUT2D eigenvalue weighted by molar-refractivity contribution is 6.42. The van der Waals surface area contributed by atoms with E-state index in [1.165, 1.54) is 12.1 Å². The lowest BCUT2D eigenvalue weighted by Gasteiger charge is -2.08. The molecule has 6 heteroatoms. The molecule has 0 saturated heterocycles. The van der Waals surface area contributed by atoms with Gasteiger partial charge < -0.3 is 10.6 Å². The number of nitrogens with one attached hydrogen (secondary N) is 2. The lowest BCUT2D eigenvalue weighted by molar-refractivity contribution is -0.136. The Hall–Kier alpha value is -2.04. The van der Waals surface area contributed by atoms with E-state index < -0.39 is 11.8 Å². The minimum atomic E-state index is -0.781. The Bertz CT molecular complexity index is 717. The van der Waals surface area contributed by atoms with Gasteiger partial charge >= 0.3 is 11.8 Å². The summed E-state index contributed by atoms with van der Waals surface area (Å²) in [4.78, 5) is 23.6. The van der Waals surface area contributed by atoms with Gasteiger partial charge in [0, 0.05) is 11.6 Å². The first-order chi connectivity index (χ1) is 10.5. The summed E-state index contributed by atoms with van der Waals surface area (Å²) in [5.74, 6) is -1.51. The Morgan fingerprint density at radius 2 is 1.82 bits per heavy atom. The second kappa shape index (κ2) is 7.29. The van der Waals surface area contributed by atoms with E-state index in [9.17, 15) is 9.59 Å². The van der Waals surface area contributed by atoms with E-state index in [4.69, 9.17) is 23.2 Å². The average Bonchev–Trinajstić information content (AvgIpc) is 2.47. The van der Waals surface area contributed by atoms with Gasteiger partial charge in [0.15, 0.2) is 0 Å². The summed E-state index contributed by atoms with van der Waals surface area (Å²) in [5.41, 5.74) is 2.34. The first kappa shape index (κ1) is 16.3. The van der Waals surface area contributed by atoms with Gasteiger partial charge in [0.2, 0.25) is 0 Å². The molecule has 0 aliphatic carbocycles. The van der Waals surface area contributed by atoms with E-state index >= 15 is 0 Å². The van der Waals surface area contributed by atoms with Crippen molar-refractivity contribution in [2.45, 2.75) is 13.5 Å². The highest BCUT2D eigenvalue weighted by Gasteiger charge is 2.14. The zero-order chi connectivity index (χ0) is 16.1. The van der Waals surface area contributed by atoms with Crippen LogP contribution < -0.4 is 10.6 Å². The lowest BCUT2D eigenvalue weighted by atomic mass is 10.1. The molecule has 0 aromatic heterocycles. The maximum absolute atomic E-state index is 11.8. The topological polar surface area (TPSA) is 58.2 Å². The number of hydrogen-bond donors (Lipinski definition) is 2. The normalized spacial score (nSPS) is 10.1. The monoisotopic (exact) mass is 336 g/mol. The van der Waals surface area contributed by atoms with Gasteiger partial charge in [0.25, 0.3) is 0 Å². The molecule has 2 rings (SSSR count). The van der Waals surface area contributed by atoms with Gasteiger partial charge in [0.05, 0.1) is 10.7 Å². The molecule has 4 nitrogen and oxygen atoms in total. The van der Waals surface area contributed by atoms with Crippen molar-refractivity contribution in [1.82, 2.24) is 5.32 Å². The molecule has 0 fully saturated rings. The third-order valence-corrected chi connectivity index (χ3v) is 3.47. The number of carbonyl (C=O) groups is 2. The Morgan fingerprint density at radius 1 is 1.05 bits per heavy atom. The van der Waals surface area contributed by atoms with E-state index in [2.05, 4.69) is 10.6 Å². The number of anilines is 1. The Kier molecular flexibility index (Phi) is 5.41. The Morgan fingerprint density at radius 3 is 2.50 bits per heavy atom. The van der Waals surface area contributed by atoms with Crippen molar-refractivity contribution in [1.29, 1.82) is 0 Å². The second-order valence-electron chi connectivity index (χ2n) is 4.75. The predicted octanol–water partition coefficient (Wildman–Crippen LogP) is 3.56. The third kappa shape index (κ3) is 4.48. The highest BCUT2D eigenvalue weighted by Crippen LogP contribution is 2.25. The van der Waals surface area contributed by atoms with Gasteiger partial charge in [-0.1, -0.05) is 53.0 Å². The van der Waals surface area contributed by atoms with Crippen LogP contribution in [0.5, 0.6) is 0 Å². The molecule has 114 valence electrons. The van der Waals surface area contributed by atoms with Crippen molar-refractivity contribution in [3.8, 4) is 0 Å². The van der Waals surface area contributed by atoms with E-state index in [0.29, 0.717) is 10.7 Å². The van der Waals surface area contributed by atoms with Crippen molar-refractivity contribution in [2.24, 2.45) is 0 Å². The fourth-order valence-corrected chi connectivity index (χ4v) is 2.31. The van der Waals surface area contributed by atoms with Crippen molar-refractivity contribution >= 4 is 40.7 Å². The van der Waals surface area contributed by atoms with Crippen LogP contribution in [0.2, 0.25) is 10.0 Å². The molecule has 2 N–H and O–H groups in total. The maximum Gasteiger partial charge on any atom is 0.313 e. The summed E-state index contributed by atoms with van der Waals surface area (Å²) in [5, 5.41) is 5.72. The van der Waals surface area contributed by atoms with Gasteiger partial charge in [-0.2, -0.15) is 0 Å². The maximum atomic E-state index is 11.8. The molecule has 0 atom stereocenters. The molecular weight excluding hydrogens is 323 g/mol. The predicted molar refractivity (Wildman–Crippen MR) is 88.1 cm³/mol. The average molecular weight is 337 g/mol. The SMILES string of the molecule is Cc1cccc(CNC(=O)C(=O)Nc2ccc(Cl)cc2Cl)c1. The number of amides is 2. The minimum Gasteiger partial charge on any atom is -0.344 e. The smallest absolute Gasteiger partial charge is 0.313 e. The van der Waals surface area contributed by atoms with Gasteiger partial charge in [-0.15, -0.1) is 0 Å². The molecule has 0 radical (unpaired) electrons. The standard InChI is InChI=1S/C16H14Cl2N2O2/c1-10-3-2-4-11(7-10)9-19-15(21)16(22)20-14-6-5-12(17)8-13(14)18/h2-8H,9H2,1H3,(H,19,21)(H,20,22). The molecule has 2 amide bonds. The van der Waals surface area contributed by atoms with Gasteiger partial charge in [-0.3, -0.25) is 9.59 Å². The summed E-state index contributed by atoms with van der Waals surface area (Å²) in [7, 11) is 0. The van der Waals surface area contributed by atoms with Crippen LogP contribution in [0.3, 0.4) is 0 Å². The summed E-state index contributed by atoms with van der Waals surface area (Å²) in [6.45, 7) is 2.24. The highest BCUT2D eigenvalue weighted by atomic mass is 35.5. The Labute approximate surface area is 138 Å². The number of benzene rings is 2. The molecule has 0 bridgehead atoms. The zero-order valence-corrected chi connectivity index (χ0v) is 13.3. The van der Waals surface area contributed by atoms with E-state index in [-0.39, 0.29) is 11.6 Å². The van der Waals surface area contributed by atoms with Gasteiger partial charge in [0.1, 0.15) is 0 Å². The van der Waals surface area contributed by atoms with Crippen LogP contribution in [0.1, 0.15) is 11.1 Å². The van der Waals surface area contributed by atoms with Crippen LogP contribution in [0, 0.1) is 6.92 Å². The molecule has 22 heavy (non-hydrogen) atoms. The summed E-state index contributed by atoms with van der Waals surface area (Å²) in [6.07, 6.45) is 0. The van der Waals surface area contributed by atoms with Crippen molar-refractivity contribution in [3.63, 3.8) is 0 Å². The first-order valence-electron chi connectivity index (χ1n) is 6.55.